The van der Waals surface area contributed by atoms with Crippen LogP contribution in [0.2, 0.25) is 0 Å². The summed E-state index contributed by atoms with van der Waals surface area (Å²) in [5.41, 5.74) is 3.40. The molecular formula is C24H27FN4O3. The van der Waals surface area contributed by atoms with Crippen molar-refractivity contribution in [3.63, 3.8) is 0 Å². The minimum Gasteiger partial charge on any atom is -0.465 e. The summed E-state index contributed by atoms with van der Waals surface area (Å²) in [4.78, 5) is 20.4. The van der Waals surface area contributed by atoms with Gasteiger partial charge in [-0.1, -0.05) is 39.0 Å². The second kappa shape index (κ2) is 9.74. The molecule has 2 N–H and O–H groups in total. The Morgan fingerprint density at radius 2 is 1.78 bits per heavy atom. The van der Waals surface area contributed by atoms with Gasteiger partial charge in [-0.05, 0) is 35.2 Å². The zero-order valence-corrected chi connectivity index (χ0v) is 18.8. The van der Waals surface area contributed by atoms with Crippen LogP contribution in [0.25, 0.3) is 0 Å². The maximum absolute atomic E-state index is 14.4. The molecule has 0 amide bonds. The molecule has 168 valence electrons. The molecular weight excluding hydrogens is 411 g/mol. The average molecular weight is 439 g/mol. The van der Waals surface area contributed by atoms with Gasteiger partial charge in [-0.3, -0.25) is 0 Å². The highest BCUT2D eigenvalue weighted by molar-refractivity contribution is 5.93. The number of hydrogen-bond donors (Lipinski definition) is 2. The summed E-state index contributed by atoms with van der Waals surface area (Å²) in [6.07, 6.45) is 1.08. The summed E-state index contributed by atoms with van der Waals surface area (Å²) >= 11 is 0. The molecule has 0 spiro atoms. The molecule has 1 aromatic heterocycles. The Hall–Kier alpha value is -3.52. The number of nitrogens with one attached hydrogen (secondary N) is 2. The highest BCUT2D eigenvalue weighted by Gasteiger charge is 2.17. The summed E-state index contributed by atoms with van der Waals surface area (Å²) in [5.74, 6) is -0.874. The van der Waals surface area contributed by atoms with Gasteiger partial charge in [0.25, 0.3) is 0 Å². The second-order valence-corrected chi connectivity index (χ2v) is 8.22. The van der Waals surface area contributed by atoms with E-state index in [1.165, 1.54) is 19.8 Å². The molecule has 0 bridgehead atoms. The molecule has 0 unspecified atom stereocenters. The molecule has 0 saturated heterocycles. The Morgan fingerprint density at radius 3 is 2.41 bits per heavy atom. The third-order valence-corrected chi connectivity index (χ3v) is 4.87. The van der Waals surface area contributed by atoms with Crippen LogP contribution in [0.1, 0.15) is 42.3 Å². The van der Waals surface area contributed by atoms with E-state index >= 15 is 0 Å². The molecule has 8 heteroatoms. The van der Waals surface area contributed by atoms with Gasteiger partial charge < -0.3 is 20.1 Å². The first kappa shape index (κ1) is 23.1. The molecule has 7 nitrogen and oxygen atoms in total. The van der Waals surface area contributed by atoms with Crippen LogP contribution in [0.15, 0.2) is 48.7 Å². The van der Waals surface area contributed by atoms with E-state index in [9.17, 15) is 9.18 Å². The van der Waals surface area contributed by atoms with Gasteiger partial charge in [0.05, 0.1) is 25.5 Å². The number of nitrogens with zero attached hydrogens (tertiary/aromatic N) is 2. The normalized spacial score (nSPS) is 11.2. The first-order valence-electron chi connectivity index (χ1n) is 10.1. The van der Waals surface area contributed by atoms with Crippen molar-refractivity contribution < 1.29 is 18.7 Å². The summed E-state index contributed by atoms with van der Waals surface area (Å²) in [6, 6.07) is 12.9. The van der Waals surface area contributed by atoms with Crippen LogP contribution in [0.3, 0.4) is 0 Å². The second-order valence-electron chi connectivity index (χ2n) is 8.22. The zero-order chi connectivity index (χ0) is 23.3. The number of aromatic nitrogens is 2. The summed E-state index contributed by atoms with van der Waals surface area (Å²) < 4.78 is 24.5. The van der Waals surface area contributed by atoms with Crippen molar-refractivity contribution in [2.45, 2.75) is 32.8 Å². The predicted molar refractivity (Wildman–Crippen MR) is 122 cm³/mol. The topological polar surface area (TPSA) is 85.4 Å². The van der Waals surface area contributed by atoms with Crippen molar-refractivity contribution in [1.29, 1.82) is 0 Å². The van der Waals surface area contributed by atoms with Crippen LogP contribution in [-0.4, -0.2) is 30.2 Å². The van der Waals surface area contributed by atoms with E-state index in [-0.39, 0.29) is 23.8 Å². The largest absolute Gasteiger partial charge is 0.465 e. The van der Waals surface area contributed by atoms with Crippen LogP contribution in [0, 0.1) is 5.82 Å². The molecule has 0 aliphatic heterocycles. The molecule has 0 aliphatic rings. The third-order valence-electron chi connectivity index (χ3n) is 4.87. The fourth-order valence-corrected chi connectivity index (χ4v) is 3.13. The van der Waals surface area contributed by atoms with Gasteiger partial charge >= 0.3 is 5.97 Å². The molecule has 0 fully saturated rings. The quantitative estimate of drug-likeness (QED) is 0.482. The lowest BCUT2D eigenvalue weighted by Gasteiger charge is -2.19. The molecule has 0 saturated carbocycles. The number of ether oxygens (including phenoxy) is 2. The lowest BCUT2D eigenvalue weighted by molar-refractivity contribution is 0.0596. The van der Waals surface area contributed by atoms with E-state index in [1.54, 1.807) is 18.2 Å². The zero-order valence-electron chi connectivity index (χ0n) is 18.8. The van der Waals surface area contributed by atoms with Crippen molar-refractivity contribution in [1.82, 2.24) is 9.97 Å². The number of rotatable bonds is 7. The minimum absolute atomic E-state index is 0.0223. The summed E-state index contributed by atoms with van der Waals surface area (Å²) in [7, 11) is 2.84. The van der Waals surface area contributed by atoms with Gasteiger partial charge in [0, 0.05) is 24.0 Å². The summed E-state index contributed by atoms with van der Waals surface area (Å²) in [5, 5.41) is 6.03. The maximum atomic E-state index is 14.4. The molecule has 2 aromatic carbocycles. The SMILES string of the molecule is COCc1c(Nc2ncc(F)c(Nc3ccc(C(C)(C)C)cc3)n2)cccc1C(=O)OC. The van der Waals surface area contributed by atoms with Crippen LogP contribution in [-0.2, 0) is 21.5 Å². The first-order chi connectivity index (χ1) is 15.2. The van der Waals surface area contributed by atoms with Crippen molar-refractivity contribution in [3.05, 3.63) is 71.2 Å². The number of carbonyl (C=O) groups excluding carboxylic acids is 1. The fourth-order valence-electron chi connectivity index (χ4n) is 3.13. The Labute approximate surface area is 187 Å². The van der Waals surface area contributed by atoms with Gasteiger partial charge in [0.1, 0.15) is 0 Å². The third kappa shape index (κ3) is 5.39. The number of anilines is 4. The van der Waals surface area contributed by atoms with E-state index in [2.05, 4.69) is 41.4 Å². The predicted octanol–water partition coefficient (Wildman–Crippen LogP) is 5.33. The maximum Gasteiger partial charge on any atom is 0.338 e. The molecule has 0 radical (unpaired) electrons. The standard InChI is InChI=1S/C24H27FN4O3/c1-24(2,3)15-9-11-16(12-10-15)27-21-19(25)13-26-23(29-21)28-20-8-6-7-17(22(30)32-5)18(20)14-31-4/h6-13H,14H2,1-5H3,(H2,26,27,28,29). The van der Waals surface area contributed by atoms with Crippen LogP contribution < -0.4 is 10.6 Å². The Balaban J connectivity index is 1.87. The van der Waals surface area contributed by atoms with Gasteiger partial charge in [-0.25, -0.2) is 14.2 Å². The number of carbonyl (C=O) groups is 1. The van der Waals surface area contributed by atoms with Crippen LogP contribution in [0.5, 0.6) is 0 Å². The number of hydrogen-bond acceptors (Lipinski definition) is 7. The number of halogens is 1. The van der Waals surface area contributed by atoms with Crippen molar-refractivity contribution >= 4 is 29.1 Å². The van der Waals surface area contributed by atoms with Gasteiger partial charge in [-0.2, -0.15) is 4.98 Å². The summed E-state index contributed by atoms with van der Waals surface area (Å²) in [6.45, 7) is 6.56. The van der Waals surface area contributed by atoms with Crippen molar-refractivity contribution in [3.8, 4) is 0 Å². The number of methoxy groups -OCH3 is 2. The van der Waals surface area contributed by atoms with Crippen molar-refractivity contribution in [2.75, 3.05) is 24.9 Å². The molecule has 32 heavy (non-hydrogen) atoms. The van der Waals surface area contributed by atoms with Crippen LogP contribution >= 0.6 is 0 Å². The van der Waals surface area contributed by atoms with E-state index in [0.29, 0.717) is 22.5 Å². The Kier molecular flexibility index (Phi) is 7.05. The van der Waals surface area contributed by atoms with E-state index in [0.717, 1.165) is 6.20 Å². The monoisotopic (exact) mass is 438 g/mol. The fraction of sp³-hybridized carbons (Fsp3) is 0.292. The highest BCUT2D eigenvalue weighted by Crippen LogP contribution is 2.27. The first-order valence-corrected chi connectivity index (χ1v) is 10.1. The molecule has 3 aromatic rings. The van der Waals surface area contributed by atoms with Crippen molar-refractivity contribution in [2.24, 2.45) is 0 Å². The lowest BCUT2D eigenvalue weighted by atomic mass is 9.87. The molecule has 0 atom stereocenters. The van der Waals surface area contributed by atoms with Gasteiger partial charge in [0.2, 0.25) is 5.95 Å². The van der Waals surface area contributed by atoms with E-state index in [4.69, 9.17) is 9.47 Å². The van der Waals surface area contributed by atoms with E-state index in [1.807, 2.05) is 24.3 Å². The molecule has 3 rings (SSSR count). The Morgan fingerprint density at radius 1 is 1.06 bits per heavy atom. The van der Waals surface area contributed by atoms with E-state index < -0.39 is 11.8 Å². The number of esters is 1. The number of benzene rings is 2. The van der Waals surface area contributed by atoms with Crippen LogP contribution in [0.4, 0.5) is 27.5 Å². The average Bonchev–Trinajstić information content (AvgIpc) is 2.76. The highest BCUT2D eigenvalue weighted by atomic mass is 19.1. The van der Waals surface area contributed by atoms with Gasteiger partial charge in [-0.15, -0.1) is 0 Å². The smallest absolute Gasteiger partial charge is 0.338 e. The lowest BCUT2D eigenvalue weighted by Crippen LogP contribution is -2.11. The Bertz CT molecular complexity index is 1100. The molecule has 1 heterocycles. The molecule has 0 aliphatic carbocycles. The minimum atomic E-state index is -0.587. The van der Waals surface area contributed by atoms with Gasteiger partial charge in [0.15, 0.2) is 11.6 Å².